The molecule has 2 aliphatic heterocycles. The Bertz CT molecular complexity index is 1360. The number of carbonyl (C=O) groups excluding carboxylic acids is 2. The van der Waals surface area contributed by atoms with Gasteiger partial charge in [-0.3, -0.25) is 9.80 Å². The minimum Gasteiger partial charge on any atom is -0.410 e. The van der Waals surface area contributed by atoms with Crippen molar-refractivity contribution in [2.24, 2.45) is 0 Å². The van der Waals surface area contributed by atoms with Gasteiger partial charge in [0.05, 0.1) is 11.1 Å². The van der Waals surface area contributed by atoms with Gasteiger partial charge in [0.1, 0.15) is 11.5 Å². The fourth-order valence-corrected chi connectivity index (χ4v) is 4.48. The summed E-state index contributed by atoms with van der Waals surface area (Å²) in [5.41, 5.74) is 1.33. The Hall–Kier alpha value is -4.14. The van der Waals surface area contributed by atoms with Crippen molar-refractivity contribution < 1.29 is 28.8 Å². The van der Waals surface area contributed by atoms with E-state index in [-0.39, 0.29) is 0 Å². The zero-order valence-electron chi connectivity index (χ0n) is 18.4. The Morgan fingerprint density at radius 3 is 1.47 bits per heavy atom. The summed E-state index contributed by atoms with van der Waals surface area (Å²) in [5.74, 6) is 0.801. The zero-order chi connectivity index (χ0) is 23.4. The van der Waals surface area contributed by atoms with Gasteiger partial charge < -0.3 is 9.47 Å². The Morgan fingerprint density at radius 2 is 1.03 bits per heavy atom. The van der Waals surface area contributed by atoms with Crippen LogP contribution in [0.1, 0.15) is 23.6 Å². The molecule has 8 nitrogen and oxygen atoms in total. The monoisotopic (exact) mass is 456 g/mol. The average Bonchev–Trinajstić information content (AvgIpc) is 2.86. The highest BCUT2D eigenvalue weighted by molar-refractivity contribution is 5.91. The van der Waals surface area contributed by atoms with Crippen LogP contribution in [0, 0.1) is 0 Å². The summed E-state index contributed by atoms with van der Waals surface area (Å²) in [4.78, 5) is 39.6. The summed E-state index contributed by atoms with van der Waals surface area (Å²) in [6, 6.07) is 22.8. The molecule has 2 aliphatic rings. The molecule has 4 aromatic carbocycles. The van der Waals surface area contributed by atoms with Crippen molar-refractivity contribution in [3.8, 4) is 11.5 Å². The van der Waals surface area contributed by atoms with Crippen molar-refractivity contribution in [2.45, 2.75) is 12.5 Å². The molecule has 0 aromatic heterocycles. The van der Waals surface area contributed by atoms with Gasteiger partial charge in [0.15, 0.2) is 12.5 Å². The van der Waals surface area contributed by atoms with Crippen molar-refractivity contribution in [1.29, 1.82) is 0 Å². The minimum absolute atomic E-state index is 0.401. The third-order valence-electron chi connectivity index (χ3n) is 6.27. The smallest absolute Gasteiger partial charge is 0.410 e. The summed E-state index contributed by atoms with van der Waals surface area (Å²) in [5, 5.41) is 3.68. The molecule has 0 fully saturated rings. The molecule has 34 heavy (non-hydrogen) atoms. The molecule has 0 aliphatic carbocycles. The minimum atomic E-state index is -0.896. The highest BCUT2D eigenvalue weighted by atomic mass is 17.2. The number of fused-ring (bicyclic) bond motifs is 6. The fraction of sp³-hybridized carbons (Fsp3) is 0.154. The lowest BCUT2D eigenvalue weighted by atomic mass is 10.0. The van der Waals surface area contributed by atoms with Gasteiger partial charge in [-0.15, -0.1) is 0 Å². The van der Waals surface area contributed by atoms with E-state index in [2.05, 4.69) is 0 Å². The number of carbonyl (C=O) groups is 2. The number of amides is 2. The number of benzene rings is 4. The fourth-order valence-electron chi connectivity index (χ4n) is 4.48. The summed E-state index contributed by atoms with van der Waals surface area (Å²) in [7, 11) is 3.15. The van der Waals surface area contributed by atoms with Gasteiger partial charge >= 0.3 is 12.2 Å². The number of ether oxygens (including phenoxy) is 2. The maximum absolute atomic E-state index is 12.5. The first-order valence-electron chi connectivity index (χ1n) is 10.8. The lowest BCUT2D eigenvalue weighted by Crippen LogP contribution is -2.42. The Labute approximate surface area is 194 Å². The van der Waals surface area contributed by atoms with Gasteiger partial charge in [0.25, 0.3) is 0 Å². The van der Waals surface area contributed by atoms with Gasteiger partial charge in [0.2, 0.25) is 0 Å². The molecule has 0 saturated heterocycles. The summed E-state index contributed by atoms with van der Waals surface area (Å²) in [6.07, 6.45) is -2.93. The third-order valence-corrected chi connectivity index (χ3v) is 6.27. The van der Waals surface area contributed by atoms with Crippen LogP contribution in [0.15, 0.2) is 72.8 Å². The molecule has 6 rings (SSSR count). The van der Waals surface area contributed by atoms with E-state index >= 15 is 0 Å². The molecular weight excluding hydrogens is 436 g/mol. The van der Waals surface area contributed by atoms with Crippen molar-refractivity contribution in [3.05, 3.63) is 83.9 Å². The van der Waals surface area contributed by atoms with Crippen molar-refractivity contribution >= 4 is 33.7 Å². The second-order valence-electron chi connectivity index (χ2n) is 8.25. The van der Waals surface area contributed by atoms with E-state index < -0.39 is 24.6 Å². The highest BCUT2D eigenvalue weighted by Gasteiger charge is 2.39. The van der Waals surface area contributed by atoms with E-state index in [1.165, 1.54) is 9.80 Å². The van der Waals surface area contributed by atoms with Crippen molar-refractivity contribution in [3.63, 3.8) is 0 Å². The molecule has 0 N–H and O–H groups in total. The van der Waals surface area contributed by atoms with Crippen LogP contribution in [0.4, 0.5) is 9.59 Å². The largest absolute Gasteiger partial charge is 0.417 e. The first-order chi connectivity index (χ1) is 16.5. The van der Waals surface area contributed by atoms with Crippen LogP contribution < -0.4 is 9.47 Å². The summed E-state index contributed by atoms with van der Waals surface area (Å²) >= 11 is 0. The maximum Gasteiger partial charge on any atom is 0.417 e. The molecule has 0 spiro atoms. The van der Waals surface area contributed by atoms with E-state index in [0.29, 0.717) is 22.6 Å². The molecule has 4 aromatic rings. The van der Waals surface area contributed by atoms with Crippen molar-refractivity contribution in [2.75, 3.05) is 14.1 Å². The van der Waals surface area contributed by atoms with Crippen LogP contribution in [0.3, 0.4) is 0 Å². The first kappa shape index (κ1) is 20.5. The molecule has 0 bridgehead atoms. The maximum atomic E-state index is 12.5. The van der Waals surface area contributed by atoms with E-state index in [1.807, 2.05) is 60.7 Å². The molecule has 2 unspecified atom stereocenters. The van der Waals surface area contributed by atoms with Gasteiger partial charge in [-0.1, -0.05) is 60.7 Å². The van der Waals surface area contributed by atoms with Crippen LogP contribution >= 0.6 is 0 Å². The van der Waals surface area contributed by atoms with E-state index in [1.54, 1.807) is 26.2 Å². The standard InChI is InChI=1S/C26H20N2O6/c1-27-23(21-17-9-5-3-7-15(17)11-13-19(21)31-25(27)29)33-34-24-22-18-10-6-4-8-16(18)12-14-20(22)32-26(30)28(24)2/h3-14,23-24H,1-2H3. The van der Waals surface area contributed by atoms with Crippen LogP contribution in [0.5, 0.6) is 11.5 Å². The number of nitrogens with zero attached hydrogens (tertiary/aromatic N) is 2. The van der Waals surface area contributed by atoms with E-state index in [0.717, 1.165) is 21.5 Å². The summed E-state index contributed by atoms with van der Waals surface area (Å²) in [6.45, 7) is 0. The lowest BCUT2D eigenvalue weighted by molar-refractivity contribution is -0.394. The average molecular weight is 456 g/mol. The van der Waals surface area contributed by atoms with E-state index in [4.69, 9.17) is 19.2 Å². The molecule has 8 heteroatoms. The molecule has 2 amide bonds. The zero-order valence-corrected chi connectivity index (χ0v) is 18.4. The summed E-state index contributed by atoms with van der Waals surface area (Å²) < 4.78 is 11.0. The van der Waals surface area contributed by atoms with Crippen LogP contribution in [-0.2, 0) is 9.78 Å². The topological polar surface area (TPSA) is 77.5 Å². The predicted molar refractivity (Wildman–Crippen MR) is 123 cm³/mol. The van der Waals surface area contributed by atoms with E-state index in [9.17, 15) is 9.59 Å². The van der Waals surface area contributed by atoms with Gasteiger partial charge in [0, 0.05) is 14.1 Å². The van der Waals surface area contributed by atoms with Gasteiger partial charge in [-0.05, 0) is 33.7 Å². The van der Waals surface area contributed by atoms with Gasteiger partial charge in [-0.2, -0.15) is 0 Å². The Morgan fingerprint density at radius 1 is 0.618 bits per heavy atom. The second-order valence-corrected chi connectivity index (χ2v) is 8.25. The first-order valence-corrected chi connectivity index (χ1v) is 10.8. The SMILES string of the molecule is CN1C(=O)Oc2ccc3ccccc3c2C1OOC1c2c(ccc3ccccc23)OC(=O)N1C. The lowest BCUT2D eigenvalue weighted by Gasteiger charge is -2.36. The normalized spacial score (nSPS) is 19.6. The number of rotatable bonds is 3. The van der Waals surface area contributed by atoms with Crippen LogP contribution in [-0.4, -0.2) is 36.1 Å². The quantitative estimate of drug-likeness (QED) is 0.298. The Kier molecular flexibility index (Phi) is 4.65. The van der Waals surface area contributed by atoms with Gasteiger partial charge in [-0.25, -0.2) is 19.4 Å². The molecule has 0 radical (unpaired) electrons. The van der Waals surface area contributed by atoms with Crippen molar-refractivity contribution in [1.82, 2.24) is 9.80 Å². The molecule has 0 saturated carbocycles. The molecule has 170 valence electrons. The molecule has 2 atom stereocenters. The molecular formula is C26H20N2O6. The number of hydrogen-bond donors (Lipinski definition) is 0. The Balaban J connectivity index is 1.42. The van der Waals surface area contributed by atoms with Crippen LogP contribution in [0.25, 0.3) is 21.5 Å². The predicted octanol–water partition coefficient (Wildman–Crippen LogP) is 5.53. The third kappa shape index (κ3) is 3.07. The molecule has 2 heterocycles. The second kappa shape index (κ2) is 7.72. The number of hydrogen-bond acceptors (Lipinski definition) is 6. The highest BCUT2D eigenvalue weighted by Crippen LogP contribution is 2.44. The van der Waals surface area contributed by atoms with Crippen LogP contribution in [0.2, 0.25) is 0 Å².